The molecular weight excluding hydrogens is 252 g/mol. The van der Waals surface area contributed by atoms with Crippen LogP contribution in [0.5, 0.6) is 0 Å². The normalized spacial score (nSPS) is 10.7. The van der Waals surface area contributed by atoms with Gasteiger partial charge < -0.3 is 4.90 Å². The highest BCUT2D eigenvalue weighted by Gasteiger charge is 2.19. The Balaban J connectivity index is 2.10. The van der Waals surface area contributed by atoms with Crippen molar-refractivity contribution in [3.05, 3.63) is 54.4 Å². The van der Waals surface area contributed by atoms with E-state index in [1.807, 2.05) is 49.4 Å². The summed E-state index contributed by atoms with van der Waals surface area (Å²) >= 11 is 0. The number of fused-ring (bicyclic) bond motifs is 1. The summed E-state index contributed by atoms with van der Waals surface area (Å²) < 4.78 is 0. The Morgan fingerprint density at radius 1 is 1.20 bits per heavy atom. The van der Waals surface area contributed by atoms with E-state index >= 15 is 0 Å². The van der Waals surface area contributed by atoms with Gasteiger partial charge in [-0.1, -0.05) is 36.4 Å². The van der Waals surface area contributed by atoms with Crippen molar-refractivity contribution < 1.29 is 4.79 Å². The molecule has 0 saturated heterocycles. The second kappa shape index (κ2) is 5.13. The number of hydrogen-bond donors (Lipinski definition) is 1. The molecule has 1 aromatic heterocycles. The highest BCUT2D eigenvalue weighted by Crippen LogP contribution is 2.27. The minimum absolute atomic E-state index is 0.155. The lowest BCUT2D eigenvalue weighted by Crippen LogP contribution is -2.31. The minimum atomic E-state index is -0.155. The Morgan fingerprint density at radius 3 is 2.75 bits per heavy atom. The van der Waals surface area contributed by atoms with Crippen LogP contribution in [0, 0.1) is 0 Å². The molecule has 0 fully saturated rings. The van der Waals surface area contributed by atoms with Gasteiger partial charge in [-0.05, 0) is 18.4 Å². The van der Waals surface area contributed by atoms with Crippen molar-refractivity contribution in [1.82, 2.24) is 15.4 Å². The molecule has 5 heteroatoms. The van der Waals surface area contributed by atoms with Crippen molar-refractivity contribution in [2.75, 3.05) is 11.4 Å². The van der Waals surface area contributed by atoms with E-state index in [-0.39, 0.29) is 5.91 Å². The maximum Gasteiger partial charge on any atom is 0.280 e. The van der Waals surface area contributed by atoms with Gasteiger partial charge in [0, 0.05) is 11.9 Å². The van der Waals surface area contributed by atoms with Gasteiger partial charge in [-0.2, -0.15) is 15.4 Å². The van der Waals surface area contributed by atoms with Crippen LogP contribution < -0.4 is 4.90 Å². The summed E-state index contributed by atoms with van der Waals surface area (Å²) in [5, 5.41) is 12.2. The zero-order valence-corrected chi connectivity index (χ0v) is 11.1. The van der Waals surface area contributed by atoms with Crippen molar-refractivity contribution in [2.45, 2.75) is 6.92 Å². The molecule has 1 amide bonds. The highest BCUT2D eigenvalue weighted by atomic mass is 16.2. The summed E-state index contributed by atoms with van der Waals surface area (Å²) in [6, 6.07) is 14.0. The van der Waals surface area contributed by atoms with Crippen molar-refractivity contribution in [2.24, 2.45) is 0 Å². The number of hydrogen-bond acceptors (Lipinski definition) is 3. The molecule has 0 atom stereocenters. The second-order valence-electron chi connectivity index (χ2n) is 4.40. The van der Waals surface area contributed by atoms with Gasteiger partial charge in [0.25, 0.3) is 5.91 Å². The molecule has 100 valence electrons. The molecule has 20 heavy (non-hydrogen) atoms. The predicted molar refractivity (Wildman–Crippen MR) is 77.7 cm³/mol. The monoisotopic (exact) mass is 266 g/mol. The van der Waals surface area contributed by atoms with Crippen LogP contribution in [-0.4, -0.2) is 27.9 Å². The molecule has 3 rings (SSSR count). The first kappa shape index (κ1) is 12.3. The van der Waals surface area contributed by atoms with Crippen molar-refractivity contribution in [3.63, 3.8) is 0 Å². The third-order valence-electron chi connectivity index (χ3n) is 3.25. The summed E-state index contributed by atoms with van der Waals surface area (Å²) in [6.07, 6.45) is 1.44. The number of aromatic nitrogens is 3. The van der Waals surface area contributed by atoms with Gasteiger partial charge in [-0.25, -0.2) is 0 Å². The number of aromatic amines is 1. The molecule has 0 radical (unpaired) electrons. The maximum atomic E-state index is 12.5. The van der Waals surface area contributed by atoms with Gasteiger partial charge >= 0.3 is 0 Å². The summed E-state index contributed by atoms with van der Waals surface area (Å²) in [5.74, 6) is -0.155. The van der Waals surface area contributed by atoms with E-state index in [0.717, 1.165) is 16.5 Å². The Kier molecular flexibility index (Phi) is 3.16. The summed E-state index contributed by atoms with van der Waals surface area (Å²) in [5.41, 5.74) is 1.21. The summed E-state index contributed by atoms with van der Waals surface area (Å²) in [6.45, 7) is 2.51. The van der Waals surface area contributed by atoms with E-state index in [9.17, 15) is 4.79 Å². The fourth-order valence-electron chi connectivity index (χ4n) is 2.31. The Bertz CT molecular complexity index is 731. The first-order chi connectivity index (χ1) is 9.81. The molecule has 1 N–H and O–H groups in total. The van der Waals surface area contributed by atoms with Crippen LogP contribution in [0.2, 0.25) is 0 Å². The maximum absolute atomic E-state index is 12.5. The first-order valence-electron chi connectivity index (χ1n) is 6.46. The molecule has 0 aliphatic carbocycles. The average molecular weight is 266 g/mol. The van der Waals surface area contributed by atoms with Crippen molar-refractivity contribution in [3.8, 4) is 0 Å². The number of anilines is 1. The summed E-state index contributed by atoms with van der Waals surface area (Å²) in [7, 11) is 0. The lowest BCUT2D eigenvalue weighted by atomic mass is 10.1. The smallest absolute Gasteiger partial charge is 0.280 e. The number of carbonyl (C=O) groups is 1. The number of rotatable bonds is 3. The lowest BCUT2D eigenvalue weighted by Gasteiger charge is -2.21. The molecule has 3 aromatic rings. The van der Waals surface area contributed by atoms with Crippen LogP contribution in [0.15, 0.2) is 48.7 Å². The minimum Gasteiger partial charge on any atom is -0.307 e. The third-order valence-corrected chi connectivity index (χ3v) is 3.25. The highest BCUT2D eigenvalue weighted by molar-refractivity contribution is 6.09. The number of amides is 1. The van der Waals surface area contributed by atoms with Crippen molar-refractivity contribution in [1.29, 1.82) is 0 Å². The Hall–Kier alpha value is -2.69. The molecule has 0 aliphatic heterocycles. The fraction of sp³-hybridized carbons (Fsp3) is 0.133. The third kappa shape index (κ3) is 2.03. The van der Waals surface area contributed by atoms with Crippen LogP contribution >= 0.6 is 0 Å². The van der Waals surface area contributed by atoms with Gasteiger partial charge in [-0.3, -0.25) is 4.79 Å². The zero-order chi connectivity index (χ0) is 13.9. The van der Waals surface area contributed by atoms with E-state index in [4.69, 9.17) is 0 Å². The number of H-pyrrole nitrogens is 1. The fourth-order valence-corrected chi connectivity index (χ4v) is 2.31. The Labute approximate surface area is 116 Å². The largest absolute Gasteiger partial charge is 0.307 e. The molecule has 5 nitrogen and oxygen atoms in total. The standard InChI is InChI=1S/C15H14N4O/c1-2-19(15(20)13-10-16-18-17-13)14-9-5-7-11-6-3-4-8-12(11)14/h3-10H,2H2,1H3,(H,16,17,18). The summed E-state index contributed by atoms with van der Waals surface area (Å²) in [4.78, 5) is 14.2. The van der Waals surface area contributed by atoms with E-state index in [1.54, 1.807) is 4.90 Å². The number of nitrogens with zero attached hydrogens (tertiary/aromatic N) is 3. The number of nitrogens with one attached hydrogen (secondary N) is 1. The molecule has 0 saturated carbocycles. The predicted octanol–water partition coefficient (Wildman–Crippen LogP) is 2.62. The van der Waals surface area contributed by atoms with E-state index in [0.29, 0.717) is 12.2 Å². The molecule has 0 bridgehead atoms. The zero-order valence-electron chi connectivity index (χ0n) is 11.1. The van der Waals surface area contributed by atoms with Gasteiger partial charge in [0.1, 0.15) is 0 Å². The van der Waals surface area contributed by atoms with Gasteiger partial charge in [0.15, 0.2) is 5.69 Å². The molecular formula is C15H14N4O. The van der Waals surface area contributed by atoms with Crippen LogP contribution in [0.1, 0.15) is 17.4 Å². The molecule has 1 heterocycles. The molecule has 2 aromatic carbocycles. The van der Waals surface area contributed by atoms with E-state index in [2.05, 4.69) is 15.4 Å². The van der Waals surface area contributed by atoms with Crippen LogP contribution in [-0.2, 0) is 0 Å². The van der Waals surface area contributed by atoms with Crippen LogP contribution in [0.4, 0.5) is 5.69 Å². The number of carbonyl (C=O) groups excluding carboxylic acids is 1. The van der Waals surface area contributed by atoms with Gasteiger partial charge in [-0.15, -0.1) is 0 Å². The van der Waals surface area contributed by atoms with Gasteiger partial charge in [0.05, 0.1) is 11.9 Å². The molecule has 0 unspecified atom stereocenters. The van der Waals surface area contributed by atoms with Crippen molar-refractivity contribution >= 4 is 22.4 Å². The Morgan fingerprint density at radius 2 is 2.00 bits per heavy atom. The average Bonchev–Trinajstić information content (AvgIpc) is 3.02. The van der Waals surface area contributed by atoms with E-state index < -0.39 is 0 Å². The lowest BCUT2D eigenvalue weighted by molar-refractivity contribution is 0.0983. The molecule has 0 aliphatic rings. The topological polar surface area (TPSA) is 61.9 Å². The van der Waals surface area contributed by atoms with E-state index in [1.165, 1.54) is 6.20 Å². The van der Waals surface area contributed by atoms with Crippen LogP contribution in [0.25, 0.3) is 10.8 Å². The van der Waals surface area contributed by atoms with Crippen LogP contribution in [0.3, 0.4) is 0 Å². The SMILES string of the molecule is CCN(C(=O)c1cn[nH]n1)c1cccc2ccccc12. The molecule has 0 spiro atoms. The second-order valence-corrected chi connectivity index (χ2v) is 4.40. The first-order valence-corrected chi connectivity index (χ1v) is 6.46. The quantitative estimate of drug-likeness (QED) is 0.792. The van der Waals surface area contributed by atoms with Gasteiger partial charge in [0.2, 0.25) is 0 Å². The number of benzene rings is 2.